The quantitative estimate of drug-likeness (QED) is 0.0206. The average molecular weight is 1350 g/mol. The smallest absolute Gasteiger partial charge is 0.394 e. The van der Waals surface area contributed by atoms with Gasteiger partial charge in [-0.3, -0.25) is 9.05 Å². The van der Waals surface area contributed by atoms with Gasteiger partial charge in [0, 0.05) is 0 Å². The monoisotopic (exact) mass is 1350 g/mol. The van der Waals surface area contributed by atoms with E-state index in [1.165, 1.54) is 0 Å². The van der Waals surface area contributed by atoms with E-state index in [4.69, 9.17) is 65.9 Å². The molecule has 1 aliphatic carbocycles. The molecule has 6 saturated heterocycles. The van der Waals surface area contributed by atoms with Gasteiger partial charge in [0.2, 0.25) is 0 Å². The molecule has 37 atom stereocenters. The largest absolute Gasteiger partial charge is 0.472 e. The highest BCUT2D eigenvalue weighted by Crippen LogP contribution is 2.49. The zero-order chi connectivity index (χ0) is 65.7. The van der Waals surface area contributed by atoms with Crippen LogP contribution in [0.15, 0.2) is 0 Å². The number of unbranched alkanes of at least 4 members (excludes halogenated alkanes) is 3. The molecule has 6 heterocycles. The van der Waals surface area contributed by atoms with E-state index in [2.05, 4.69) is 12.6 Å². The van der Waals surface area contributed by atoms with Crippen LogP contribution in [0.4, 0.5) is 0 Å². The molecule has 1 saturated carbocycles. The summed E-state index contributed by atoms with van der Waals surface area (Å²) in [5.74, 6) is 0.553. The summed E-state index contributed by atoms with van der Waals surface area (Å²) < 4.78 is 92.1. The summed E-state index contributed by atoms with van der Waals surface area (Å²) in [6, 6.07) is 0. The maximum absolute atomic E-state index is 13.6. The Morgan fingerprint density at radius 1 is 0.315 bits per heavy atom. The number of phosphoric ester groups is 1. The van der Waals surface area contributed by atoms with Gasteiger partial charge in [-0.05, 0) is 18.6 Å². The lowest BCUT2D eigenvalue weighted by atomic mass is 9.84. The third kappa shape index (κ3) is 17.3. The maximum atomic E-state index is 13.6. The molecular weight excluding hydrogens is 1260 g/mol. The number of rotatable bonds is 27. The summed E-state index contributed by atoms with van der Waals surface area (Å²) in [5.41, 5.74) is 0. The van der Waals surface area contributed by atoms with Crippen molar-refractivity contribution in [2.75, 3.05) is 52.0 Å². The van der Waals surface area contributed by atoms with E-state index in [-0.39, 0.29) is 6.42 Å². The van der Waals surface area contributed by atoms with Crippen LogP contribution in [-0.4, -0.2) is 395 Å². The lowest BCUT2D eigenvalue weighted by molar-refractivity contribution is -0.396. The Bertz CT molecular complexity index is 2160. The van der Waals surface area contributed by atoms with Crippen LogP contribution >= 0.6 is 20.5 Å². The van der Waals surface area contributed by atoms with Gasteiger partial charge < -0.3 is 179 Å². The van der Waals surface area contributed by atoms with Crippen molar-refractivity contribution in [2.45, 2.75) is 247 Å². The van der Waals surface area contributed by atoms with Crippen molar-refractivity contribution in [2.24, 2.45) is 0 Å². The van der Waals surface area contributed by atoms with Crippen LogP contribution in [-0.2, 0) is 70.5 Å². The van der Waals surface area contributed by atoms with E-state index in [1.807, 2.05) is 0 Å². The van der Waals surface area contributed by atoms with E-state index in [0.29, 0.717) is 25.0 Å². The molecule has 0 aromatic rings. The van der Waals surface area contributed by atoms with Crippen molar-refractivity contribution >= 4 is 20.5 Å². The first-order valence-electron chi connectivity index (χ1n) is 28.5. The van der Waals surface area contributed by atoms with Crippen molar-refractivity contribution in [3.63, 3.8) is 0 Å². The molecular formula is C48H85O39PS. The minimum absolute atomic E-state index is 0.197. The van der Waals surface area contributed by atoms with Gasteiger partial charge in [0.05, 0.1) is 46.2 Å². The molecule has 16 unspecified atom stereocenters. The first kappa shape index (κ1) is 75.4. The van der Waals surface area contributed by atoms with E-state index < -0.39 is 275 Å². The minimum Gasteiger partial charge on any atom is -0.394 e. The van der Waals surface area contributed by atoms with Gasteiger partial charge in [-0.1, -0.05) is 12.8 Å². The second kappa shape index (κ2) is 33.3. The molecule has 7 rings (SSSR count). The van der Waals surface area contributed by atoms with Crippen LogP contribution in [0.3, 0.4) is 0 Å². The molecule has 0 bridgehead atoms. The highest BCUT2D eigenvalue weighted by atomic mass is 32.1. The predicted octanol–water partition coefficient (Wildman–Crippen LogP) is -14.3. The Balaban J connectivity index is 1.07. The highest BCUT2D eigenvalue weighted by molar-refractivity contribution is 7.80. The summed E-state index contributed by atoms with van der Waals surface area (Å²) in [4.78, 5) is 11.0. The molecule has 0 amide bonds. The molecule has 0 aromatic carbocycles. The number of aliphatic hydroxyl groups excluding tert-OH is 23. The highest BCUT2D eigenvalue weighted by Gasteiger charge is 2.60. The Hall–Kier alpha value is -0.940. The van der Waals surface area contributed by atoms with Gasteiger partial charge >= 0.3 is 7.82 Å². The summed E-state index contributed by atoms with van der Waals surface area (Å²) in [7, 11) is -5.40. The summed E-state index contributed by atoms with van der Waals surface area (Å²) in [6.07, 6.45) is -73.2. The number of hydrogen-bond acceptors (Lipinski definition) is 39. The van der Waals surface area contributed by atoms with Gasteiger partial charge in [0.1, 0.15) is 183 Å². The van der Waals surface area contributed by atoms with Crippen molar-refractivity contribution < 1.29 is 193 Å². The summed E-state index contributed by atoms with van der Waals surface area (Å²) in [5, 5.41) is 247. The third-order valence-electron chi connectivity index (χ3n) is 16.3. The summed E-state index contributed by atoms with van der Waals surface area (Å²) >= 11 is 4.13. The topological polar surface area (TPSA) is 632 Å². The van der Waals surface area contributed by atoms with Gasteiger partial charge in [-0.15, -0.1) is 0 Å². The van der Waals surface area contributed by atoms with Gasteiger partial charge in [-0.2, -0.15) is 12.6 Å². The number of phosphoric acid groups is 1. The lowest BCUT2D eigenvalue weighted by Crippen LogP contribution is -2.69. The minimum atomic E-state index is -5.40. The zero-order valence-corrected chi connectivity index (χ0v) is 48.8. The Morgan fingerprint density at radius 3 is 1.03 bits per heavy atom. The van der Waals surface area contributed by atoms with Crippen molar-refractivity contribution in [1.29, 1.82) is 0 Å². The van der Waals surface area contributed by atoms with Crippen molar-refractivity contribution in [1.82, 2.24) is 0 Å². The number of ether oxygens (including phenoxy) is 12. The standard InChI is InChI=1S/C48H85O39PS/c49-7-13-19(53)25(59)35(69)44(77-13)83-38-32(66)29(63)33(67)39(42(38)87-88(72,73)76-5-3-1-2-4-6-89)84-46-37(71)28(62)24(58)18(82-46)11-74-43-34(68)27(61)23(57)17(81-43)12-75-47-40(30(64)21(55)15(9-51)79-47)86-48-41(31(65)22(56)16(10-52)80-48)85-45-36(70)26(60)20(54)14(8-50)78-45/h13-71,89H,1-12H2,(H,72,73)/t13?,14?,15?,16?,17?,18?,19-,20-,21-,22-,23-,24-,25+,26+,27+,28+,29-,30+,31+,32?,33?,34?,35?,36?,37?,38+,39?,40?,41?,42-,43+,44-,45-,46-,47+,48-/m1/s1. The SMILES string of the molecule is O=P(O)(OCCCCCCS)O[C@H]1C(O[C@H]2OC(CO[C@H]3OC(CO[C@H]4OC(CO)[C@@H](O)[C@H](O)C4O[C@H]4OC(CO)[C@@H](O)[C@H](O)C4O[C@H]4OC(CO)[C@@H](O)[C@H](O)C4O)[C@@H](O)[C@H](O)C3O)[C@@H](O)[C@H](O)C2O)C(O)[C@H](O)C(O)[C@@H]1O[C@H]1OC(CO)[C@@H](O)[C@H](O)C1O. The number of aliphatic hydroxyl groups is 23. The second-order valence-electron chi connectivity index (χ2n) is 22.4. The molecule has 0 spiro atoms. The molecule has 7 aliphatic rings. The second-order valence-corrected chi connectivity index (χ2v) is 24.2. The molecule has 0 radical (unpaired) electrons. The van der Waals surface area contributed by atoms with Crippen LogP contribution in [0.25, 0.3) is 0 Å². The number of thiol groups is 1. The van der Waals surface area contributed by atoms with E-state index >= 15 is 0 Å². The molecule has 89 heavy (non-hydrogen) atoms. The fourth-order valence-corrected chi connectivity index (χ4v) is 12.1. The van der Waals surface area contributed by atoms with Gasteiger partial charge in [0.25, 0.3) is 0 Å². The van der Waals surface area contributed by atoms with Crippen molar-refractivity contribution in [3.8, 4) is 0 Å². The molecule has 6 aliphatic heterocycles. The lowest BCUT2D eigenvalue weighted by Gasteiger charge is -2.49. The molecule has 41 heteroatoms. The van der Waals surface area contributed by atoms with Gasteiger partial charge in [-0.25, -0.2) is 4.57 Å². The zero-order valence-electron chi connectivity index (χ0n) is 47.0. The normalized spacial score (nSPS) is 49.9. The fraction of sp³-hybridized carbons (Fsp3) is 1.00. The van der Waals surface area contributed by atoms with E-state index in [1.54, 1.807) is 0 Å². The van der Waals surface area contributed by atoms with Crippen LogP contribution in [0.2, 0.25) is 0 Å². The Labute approximate surface area is 510 Å². The van der Waals surface area contributed by atoms with E-state index in [0.717, 1.165) is 0 Å². The molecule has 39 nitrogen and oxygen atoms in total. The fourth-order valence-electron chi connectivity index (χ4n) is 10.9. The predicted molar refractivity (Wildman–Crippen MR) is 279 cm³/mol. The first-order chi connectivity index (χ1) is 42.1. The molecule has 7 fully saturated rings. The Morgan fingerprint density at radius 2 is 0.607 bits per heavy atom. The van der Waals surface area contributed by atoms with Gasteiger partial charge in [0.15, 0.2) is 37.7 Å². The summed E-state index contributed by atoms with van der Waals surface area (Å²) in [6.45, 7) is -6.35. The molecule has 0 aromatic heterocycles. The molecule has 522 valence electrons. The van der Waals surface area contributed by atoms with Crippen LogP contribution in [0.1, 0.15) is 25.7 Å². The van der Waals surface area contributed by atoms with Crippen LogP contribution in [0.5, 0.6) is 0 Å². The van der Waals surface area contributed by atoms with Crippen molar-refractivity contribution in [3.05, 3.63) is 0 Å². The Kier molecular flexibility index (Phi) is 28.3. The first-order valence-corrected chi connectivity index (χ1v) is 30.6. The van der Waals surface area contributed by atoms with E-state index in [9.17, 15) is 127 Å². The third-order valence-corrected chi connectivity index (χ3v) is 17.6. The maximum Gasteiger partial charge on any atom is 0.472 e. The number of hydrogen-bond donors (Lipinski definition) is 25. The average Bonchev–Trinajstić information content (AvgIpc) is 1.13. The van der Waals surface area contributed by atoms with Crippen LogP contribution < -0.4 is 0 Å². The molecule has 24 N–H and O–H groups in total. The van der Waals surface area contributed by atoms with Crippen LogP contribution in [0, 0.1) is 0 Å².